The molecular formula is C8H11N5O2. The lowest BCUT2D eigenvalue weighted by molar-refractivity contribution is 0.160. The lowest BCUT2D eigenvalue weighted by Gasteiger charge is -1.96. The molecule has 0 fully saturated rings. The van der Waals surface area contributed by atoms with E-state index in [9.17, 15) is 5.11 Å². The average molecular weight is 209 g/mol. The largest absolute Gasteiger partial charge is 0.441 e. The number of aromatic nitrogens is 4. The van der Waals surface area contributed by atoms with Crippen molar-refractivity contribution >= 4 is 5.82 Å². The van der Waals surface area contributed by atoms with E-state index in [2.05, 4.69) is 15.2 Å². The van der Waals surface area contributed by atoms with Crippen LogP contribution in [0.15, 0.2) is 16.8 Å². The number of aliphatic hydroxyl groups is 1. The molecule has 0 aliphatic carbocycles. The number of nitrogens with zero attached hydrogens (tertiary/aromatic N) is 4. The van der Waals surface area contributed by atoms with Gasteiger partial charge in [-0.15, -0.1) is 5.10 Å². The van der Waals surface area contributed by atoms with Gasteiger partial charge in [-0.05, 0) is 6.92 Å². The van der Waals surface area contributed by atoms with E-state index in [0.717, 1.165) is 0 Å². The minimum absolute atomic E-state index is 0.283. The van der Waals surface area contributed by atoms with Crippen molar-refractivity contribution in [3.63, 3.8) is 0 Å². The highest BCUT2D eigenvalue weighted by Crippen LogP contribution is 2.12. The summed E-state index contributed by atoms with van der Waals surface area (Å²) in [6.45, 7) is 1.93. The molecule has 15 heavy (non-hydrogen) atoms. The molecule has 0 spiro atoms. The van der Waals surface area contributed by atoms with E-state index in [1.54, 1.807) is 6.92 Å². The number of nitrogen functional groups attached to an aromatic ring is 1. The summed E-state index contributed by atoms with van der Waals surface area (Å²) in [5.74, 6) is 1.21. The lowest BCUT2D eigenvalue weighted by Crippen LogP contribution is -2.03. The molecule has 0 aromatic carbocycles. The van der Waals surface area contributed by atoms with Crippen LogP contribution >= 0.6 is 0 Å². The first-order valence-corrected chi connectivity index (χ1v) is 4.43. The van der Waals surface area contributed by atoms with E-state index in [1.165, 1.54) is 17.2 Å². The quantitative estimate of drug-likeness (QED) is 0.734. The molecule has 0 saturated carbocycles. The second-order valence-electron chi connectivity index (χ2n) is 3.14. The SMILES string of the molecule is CC(O)c1ncc(Cn2ncc(N)n2)o1. The Morgan fingerprint density at radius 1 is 1.60 bits per heavy atom. The van der Waals surface area contributed by atoms with Gasteiger partial charge in [-0.1, -0.05) is 0 Å². The Hall–Kier alpha value is -1.89. The Morgan fingerprint density at radius 3 is 2.93 bits per heavy atom. The van der Waals surface area contributed by atoms with Gasteiger partial charge in [0.25, 0.3) is 0 Å². The number of anilines is 1. The fourth-order valence-electron chi connectivity index (χ4n) is 1.12. The molecule has 2 aromatic heterocycles. The molecule has 0 amide bonds. The van der Waals surface area contributed by atoms with Gasteiger partial charge in [-0.2, -0.15) is 9.90 Å². The van der Waals surface area contributed by atoms with Crippen LogP contribution in [0.5, 0.6) is 0 Å². The van der Waals surface area contributed by atoms with Crippen molar-refractivity contribution in [3.8, 4) is 0 Å². The summed E-state index contributed by atoms with van der Waals surface area (Å²) in [7, 11) is 0. The molecule has 2 aromatic rings. The minimum atomic E-state index is -0.714. The van der Waals surface area contributed by atoms with Gasteiger partial charge in [0, 0.05) is 0 Å². The Labute approximate surface area is 85.5 Å². The van der Waals surface area contributed by atoms with E-state index >= 15 is 0 Å². The molecule has 1 unspecified atom stereocenters. The van der Waals surface area contributed by atoms with Crippen molar-refractivity contribution in [2.24, 2.45) is 0 Å². The number of rotatable bonds is 3. The maximum Gasteiger partial charge on any atom is 0.223 e. The first-order valence-electron chi connectivity index (χ1n) is 4.43. The van der Waals surface area contributed by atoms with Crippen LogP contribution in [0.3, 0.4) is 0 Å². The third-order valence-electron chi connectivity index (χ3n) is 1.78. The van der Waals surface area contributed by atoms with Gasteiger partial charge in [0.2, 0.25) is 5.89 Å². The maximum absolute atomic E-state index is 9.19. The Morgan fingerprint density at radius 2 is 2.40 bits per heavy atom. The van der Waals surface area contributed by atoms with Crippen LogP contribution in [0.1, 0.15) is 24.7 Å². The Bertz CT molecular complexity index is 447. The highest BCUT2D eigenvalue weighted by molar-refractivity contribution is 5.19. The fraction of sp³-hybridized carbons (Fsp3) is 0.375. The van der Waals surface area contributed by atoms with Gasteiger partial charge in [0.15, 0.2) is 5.82 Å². The Kier molecular flexibility index (Phi) is 2.38. The van der Waals surface area contributed by atoms with Crippen LogP contribution in [0, 0.1) is 0 Å². The van der Waals surface area contributed by atoms with Crippen molar-refractivity contribution in [2.45, 2.75) is 19.6 Å². The first kappa shape index (κ1) is 9.66. The number of oxazole rings is 1. The summed E-state index contributed by atoms with van der Waals surface area (Å²) in [4.78, 5) is 5.29. The summed E-state index contributed by atoms with van der Waals surface area (Å²) in [6.07, 6.45) is 2.27. The molecule has 0 bridgehead atoms. The number of hydrogen-bond acceptors (Lipinski definition) is 6. The standard InChI is InChI=1S/C8H11N5O2/c1-5(14)8-10-2-6(15-8)4-13-11-3-7(9)12-13/h2-3,5,14H,4H2,1H3,(H2,9,12). The van der Waals surface area contributed by atoms with Crippen molar-refractivity contribution < 1.29 is 9.52 Å². The average Bonchev–Trinajstić information content (AvgIpc) is 2.76. The highest BCUT2D eigenvalue weighted by atomic mass is 16.4. The van der Waals surface area contributed by atoms with Crippen molar-refractivity contribution in [2.75, 3.05) is 5.73 Å². The number of hydrogen-bond donors (Lipinski definition) is 2. The predicted molar refractivity (Wildman–Crippen MR) is 50.7 cm³/mol. The molecule has 0 aliphatic heterocycles. The van der Waals surface area contributed by atoms with Crippen LogP contribution in [-0.4, -0.2) is 25.1 Å². The summed E-state index contributed by atoms with van der Waals surface area (Å²) in [6, 6.07) is 0. The first-order chi connectivity index (χ1) is 7.15. The second-order valence-corrected chi connectivity index (χ2v) is 3.14. The van der Waals surface area contributed by atoms with Crippen molar-refractivity contribution in [3.05, 3.63) is 24.0 Å². The molecule has 80 valence electrons. The second kappa shape index (κ2) is 3.70. The van der Waals surface area contributed by atoms with Crippen LogP contribution in [-0.2, 0) is 6.54 Å². The molecule has 2 rings (SSSR count). The monoisotopic (exact) mass is 209 g/mol. The molecule has 0 radical (unpaired) electrons. The van der Waals surface area contributed by atoms with Crippen LogP contribution in [0.4, 0.5) is 5.82 Å². The van der Waals surface area contributed by atoms with E-state index in [1.807, 2.05) is 0 Å². The van der Waals surface area contributed by atoms with Crippen molar-refractivity contribution in [1.29, 1.82) is 0 Å². The predicted octanol–water partition coefficient (Wildman–Crippen LogP) is -0.0501. The molecule has 0 saturated heterocycles. The van der Waals surface area contributed by atoms with Gasteiger partial charge >= 0.3 is 0 Å². The van der Waals surface area contributed by atoms with Gasteiger partial charge in [0.1, 0.15) is 18.4 Å². The van der Waals surface area contributed by atoms with E-state index < -0.39 is 6.10 Å². The fourth-order valence-corrected chi connectivity index (χ4v) is 1.12. The zero-order chi connectivity index (χ0) is 10.8. The van der Waals surface area contributed by atoms with Crippen LogP contribution in [0.2, 0.25) is 0 Å². The van der Waals surface area contributed by atoms with Gasteiger partial charge in [0.05, 0.1) is 12.4 Å². The topological polar surface area (TPSA) is 103 Å². The normalized spacial score (nSPS) is 12.9. The molecule has 3 N–H and O–H groups in total. The molecule has 2 heterocycles. The Balaban J connectivity index is 2.11. The minimum Gasteiger partial charge on any atom is -0.441 e. The smallest absolute Gasteiger partial charge is 0.223 e. The zero-order valence-corrected chi connectivity index (χ0v) is 8.16. The third kappa shape index (κ3) is 2.13. The molecule has 7 nitrogen and oxygen atoms in total. The van der Waals surface area contributed by atoms with E-state index in [-0.39, 0.29) is 5.89 Å². The van der Waals surface area contributed by atoms with E-state index in [4.69, 9.17) is 10.2 Å². The van der Waals surface area contributed by atoms with Gasteiger partial charge in [-0.25, -0.2) is 4.98 Å². The van der Waals surface area contributed by atoms with Crippen LogP contribution in [0.25, 0.3) is 0 Å². The van der Waals surface area contributed by atoms with Crippen molar-refractivity contribution in [1.82, 2.24) is 20.0 Å². The van der Waals surface area contributed by atoms with Gasteiger partial charge < -0.3 is 15.3 Å². The summed E-state index contributed by atoms with van der Waals surface area (Å²) in [5.41, 5.74) is 5.41. The molecule has 0 aliphatic rings. The van der Waals surface area contributed by atoms with E-state index in [0.29, 0.717) is 18.1 Å². The lowest BCUT2D eigenvalue weighted by atomic mass is 10.4. The third-order valence-corrected chi connectivity index (χ3v) is 1.78. The highest BCUT2D eigenvalue weighted by Gasteiger charge is 2.09. The molecular weight excluding hydrogens is 198 g/mol. The number of nitrogens with two attached hydrogens (primary N) is 1. The zero-order valence-electron chi connectivity index (χ0n) is 8.16. The maximum atomic E-state index is 9.19. The summed E-state index contributed by atoms with van der Waals surface area (Å²) in [5, 5.41) is 17.0. The molecule has 7 heteroatoms. The summed E-state index contributed by atoms with van der Waals surface area (Å²) < 4.78 is 5.26. The number of aliphatic hydroxyl groups excluding tert-OH is 1. The summed E-state index contributed by atoms with van der Waals surface area (Å²) >= 11 is 0. The van der Waals surface area contributed by atoms with Crippen LogP contribution < -0.4 is 5.73 Å². The molecule has 1 atom stereocenters. The van der Waals surface area contributed by atoms with Gasteiger partial charge in [-0.3, -0.25) is 0 Å².